The summed E-state index contributed by atoms with van der Waals surface area (Å²) in [5.41, 5.74) is 0.662. The minimum Gasteiger partial charge on any atom is -0.380 e. The second kappa shape index (κ2) is 9.09. The number of likely N-dealkylation sites (tertiary alicyclic amines) is 1. The number of alkyl halides is 1. The van der Waals surface area contributed by atoms with Crippen LogP contribution in [-0.4, -0.2) is 40.5 Å². The fraction of sp³-hybridized carbons (Fsp3) is 0.526. The van der Waals surface area contributed by atoms with E-state index in [1.165, 1.54) is 0 Å². The summed E-state index contributed by atoms with van der Waals surface area (Å²) in [6.07, 6.45) is 10.9. The number of nitrogens with zero attached hydrogens (tertiary/aromatic N) is 1. The lowest BCUT2D eigenvalue weighted by atomic mass is 9.71. The average Bonchev–Trinajstić information content (AvgIpc) is 2.59. The summed E-state index contributed by atoms with van der Waals surface area (Å²) >= 11 is 5.63. The molecule has 1 aliphatic rings. The van der Waals surface area contributed by atoms with Gasteiger partial charge in [-0.3, -0.25) is 4.79 Å². The first kappa shape index (κ1) is 19.7. The van der Waals surface area contributed by atoms with Gasteiger partial charge in [0.25, 0.3) is 0 Å². The number of piperidine rings is 1. The van der Waals surface area contributed by atoms with Crippen molar-refractivity contribution in [1.29, 1.82) is 0 Å². The molecule has 0 aromatic rings. The Hall–Kier alpha value is -1.32. The van der Waals surface area contributed by atoms with Crippen molar-refractivity contribution in [3.63, 3.8) is 0 Å². The van der Waals surface area contributed by atoms with Crippen LogP contribution in [0.2, 0.25) is 0 Å². The molecule has 128 valence electrons. The standard InChI is InChI=1S/C19H28ClNO2/c1-5-8-9-15(4)19(23,16(6-2)7-3)17-10-12-21(13-11-17)18(22)14-20/h5-9,17,23H,2,10-14H2,1,3-4H3/b8-5-,15-9+,16-7+. The van der Waals surface area contributed by atoms with Gasteiger partial charge in [0.15, 0.2) is 0 Å². The first-order chi connectivity index (χ1) is 10.9. The Morgan fingerprint density at radius 2 is 2.00 bits per heavy atom. The molecule has 1 amide bonds. The highest BCUT2D eigenvalue weighted by Gasteiger charge is 2.42. The zero-order valence-electron chi connectivity index (χ0n) is 14.4. The number of hydrogen-bond acceptors (Lipinski definition) is 2. The largest absolute Gasteiger partial charge is 0.380 e. The molecule has 1 N–H and O–H groups in total. The third-order valence-corrected chi connectivity index (χ3v) is 4.89. The van der Waals surface area contributed by atoms with Gasteiger partial charge in [-0.15, -0.1) is 11.6 Å². The van der Waals surface area contributed by atoms with Crippen LogP contribution in [0.25, 0.3) is 0 Å². The summed E-state index contributed by atoms with van der Waals surface area (Å²) in [4.78, 5) is 13.5. The molecular formula is C19H28ClNO2. The summed E-state index contributed by atoms with van der Waals surface area (Å²) < 4.78 is 0. The second-order valence-electron chi connectivity index (χ2n) is 5.88. The van der Waals surface area contributed by atoms with E-state index in [2.05, 4.69) is 6.58 Å². The summed E-state index contributed by atoms with van der Waals surface area (Å²) in [6, 6.07) is 0. The highest BCUT2D eigenvalue weighted by molar-refractivity contribution is 6.27. The van der Waals surface area contributed by atoms with Crippen molar-refractivity contribution in [2.45, 2.75) is 39.2 Å². The highest BCUT2D eigenvalue weighted by atomic mass is 35.5. The number of hydrogen-bond donors (Lipinski definition) is 1. The van der Waals surface area contributed by atoms with E-state index >= 15 is 0 Å². The number of carbonyl (C=O) groups excluding carboxylic acids is 1. The molecule has 0 radical (unpaired) electrons. The fourth-order valence-corrected chi connectivity index (χ4v) is 3.45. The van der Waals surface area contributed by atoms with E-state index in [1.807, 2.05) is 45.1 Å². The molecule has 0 bridgehead atoms. The molecule has 1 aliphatic heterocycles. The predicted molar refractivity (Wildman–Crippen MR) is 97.5 cm³/mol. The van der Waals surface area contributed by atoms with Crippen LogP contribution in [0.4, 0.5) is 0 Å². The number of aliphatic hydroxyl groups is 1. The topological polar surface area (TPSA) is 40.5 Å². The smallest absolute Gasteiger partial charge is 0.237 e. The highest BCUT2D eigenvalue weighted by Crippen LogP contribution is 2.40. The molecule has 1 fully saturated rings. The normalized spacial score (nSPS) is 20.7. The van der Waals surface area contributed by atoms with Crippen molar-refractivity contribution in [2.24, 2.45) is 5.92 Å². The van der Waals surface area contributed by atoms with Gasteiger partial charge in [0.1, 0.15) is 11.5 Å². The van der Waals surface area contributed by atoms with Gasteiger partial charge in [-0.2, -0.15) is 0 Å². The number of halogens is 1. The Balaban J connectivity index is 3.08. The Bertz CT molecular complexity index is 513. The first-order valence-corrected chi connectivity index (χ1v) is 8.64. The molecule has 0 aliphatic carbocycles. The fourth-order valence-electron chi connectivity index (χ4n) is 3.28. The van der Waals surface area contributed by atoms with Crippen LogP contribution in [0.3, 0.4) is 0 Å². The molecule has 1 atom stereocenters. The minimum absolute atomic E-state index is 0.0158. The molecule has 1 unspecified atom stereocenters. The average molecular weight is 338 g/mol. The van der Waals surface area contributed by atoms with Crippen LogP contribution in [-0.2, 0) is 4.79 Å². The van der Waals surface area contributed by atoms with Gasteiger partial charge < -0.3 is 10.0 Å². The van der Waals surface area contributed by atoms with Gasteiger partial charge in [-0.25, -0.2) is 0 Å². The predicted octanol–water partition coefficient (Wildman–Crippen LogP) is 3.85. The van der Waals surface area contributed by atoms with Crippen molar-refractivity contribution in [2.75, 3.05) is 19.0 Å². The molecule has 3 nitrogen and oxygen atoms in total. The van der Waals surface area contributed by atoms with E-state index in [1.54, 1.807) is 11.0 Å². The summed E-state index contributed by atoms with van der Waals surface area (Å²) in [7, 11) is 0. The van der Waals surface area contributed by atoms with Crippen LogP contribution >= 0.6 is 11.6 Å². The maximum absolute atomic E-state index is 11.7. The lowest BCUT2D eigenvalue weighted by molar-refractivity contribution is -0.130. The van der Waals surface area contributed by atoms with Gasteiger partial charge in [-0.05, 0) is 50.7 Å². The van der Waals surface area contributed by atoms with Crippen molar-refractivity contribution < 1.29 is 9.90 Å². The van der Waals surface area contributed by atoms with E-state index in [-0.39, 0.29) is 17.7 Å². The lowest BCUT2D eigenvalue weighted by Gasteiger charge is -2.43. The molecule has 1 rings (SSSR count). The van der Waals surface area contributed by atoms with Gasteiger partial charge in [-0.1, -0.05) is 37.0 Å². The van der Waals surface area contributed by atoms with Crippen LogP contribution in [0, 0.1) is 5.92 Å². The Kier molecular flexibility index (Phi) is 7.80. The molecule has 23 heavy (non-hydrogen) atoms. The Morgan fingerprint density at radius 1 is 1.39 bits per heavy atom. The molecule has 0 aromatic carbocycles. The van der Waals surface area contributed by atoms with E-state index in [9.17, 15) is 9.90 Å². The number of carbonyl (C=O) groups is 1. The van der Waals surface area contributed by atoms with Gasteiger partial charge >= 0.3 is 0 Å². The van der Waals surface area contributed by atoms with Crippen LogP contribution < -0.4 is 0 Å². The molecule has 1 saturated heterocycles. The quantitative estimate of drug-likeness (QED) is 0.590. The summed E-state index contributed by atoms with van der Waals surface area (Å²) in [6.45, 7) is 10.9. The van der Waals surface area contributed by atoms with Crippen molar-refractivity contribution in [3.8, 4) is 0 Å². The van der Waals surface area contributed by atoms with Crippen molar-refractivity contribution in [3.05, 3.63) is 48.1 Å². The third-order valence-electron chi connectivity index (χ3n) is 4.66. The molecular weight excluding hydrogens is 310 g/mol. The van der Waals surface area contributed by atoms with E-state index in [0.29, 0.717) is 13.1 Å². The minimum atomic E-state index is -1.05. The van der Waals surface area contributed by atoms with Gasteiger partial charge in [0, 0.05) is 13.1 Å². The maximum atomic E-state index is 11.7. The second-order valence-corrected chi connectivity index (χ2v) is 6.15. The molecule has 0 saturated carbocycles. The Labute approximate surface area is 145 Å². The number of amides is 1. The van der Waals surface area contributed by atoms with Gasteiger partial charge in [0.2, 0.25) is 5.91 Å². The Morgan fingerprint density at radius 3 is 2.43 bits per heavy atom. The van der Waals surface area contributed by atoms with Crippen LogP contribution in [0.1, 0.15) is 33.6 Å². The first-order valence-electron chi connectivity index (χ1n) is 8.11. The zero-order valence-corrected chi connectivity index (χ0v) is 15.1. The van der Waals surface area contributed by atoms with Gasteiger partial charge in [0.05, 0.1) is 0 Å². The third kappa shape index (κ3) is 4.36. The van der Waals surface area contributed by atoms with E-state index in [4.69, 9.17) is 11.6 Å². The van der Waals surface area contributed by atoms with Crippen molar-refractivity contribution in [1.82, 2.24) is 4.90 Å². The molecule has 0 aromatic heterocycles. The van der Waals surface area contributed by atoms with Crippen LogP contribution in [0.5, 0.6) is 0 Å². The van der Waals surface area contributed by atoms with Crippen LogP contribution in [0.15, 0.2) is 48.1 Å². The van der Waals surface area contributed by atoms with E-state index < -0.39 is 5.60 Å². The number of allylic oxidation sites excluding steroid dienone is 4. The molecule has 1 heterocycles. The SMILES string of the molecule is C=C/C(=C\C)C(O)(/C(C)=C/C=C\C)C1CCN(C(=O)CCl)CC1. The monoisotopic (exact) mass is 337 g/mol. The maximum Gasteiger partial charge on any atom is 0.237 e. The molecule has 0 spiro atoms. The summed E-state index contributed by atoms with van der Waals surface area (Å²) in [5, 5.41) is 11.5. The zero-order chi connectivity index (χ0) is 17.5. The van der Waals surface area contributed by atoms with Crippen molar-refractivity contribution >= 4 is 17.5 Å². The lowest BCUT2D eigenvalue weighted by Crippen LogP contribution is -2.48. The number of rotatable bonds is 6. The molecule has 4 heteroatoms. The summed E-state index contributed by atoms with van der Waals surface area (Å²) in [5.74, 6) is 0.0273. The van der Waals surface area contributed by atoms with E-state index in [0.717, 1.165) is 24.0 Å².